The Morgan fingerprint density at radius 1 is 1.27 bits per heavy atom. The number of hydrogen-bond donors (Lipinski definition) is 1. The van der Waals surface area contributed by atoms with Gasteiger partial charge in [0.1, 0.15) is 0 Å². The van der Waals surface area contributed by atoms with Gasteiger partial charge >= 0.3 is 0 Å². The molecule has 0 bridgehead atoms. The van der Waals surface area contributed by atoms with Crippen molar-refractivity contribution in [2.45, 2.75) is 12.3 Å². The van der Waals surface area contributed by atoms with Gasteiger partial charge in [-0.2, -0.15) is 0 Å². The average Bonchev–Trinajstić information content (AvgIpc) is 2.80. The molecular formula is C12H13NOS. The molecule has 2 nitrogen and oxygen atoms in total. The topological polar surface area (TPSA) is 33.1 Å². The molecule has 2 rings (SSSR count). The zero-order valence-corrected chi connectivity index (χ0v) is 9.15. The standard InChI is InChI=1S/C12H13NOS/c14-7-11(6-12-8-15-9-13-12)10-4-2-1-3-5-10/h1-5,8-9,11,14H,6-7H2. The first-order valence-electron chi connectivity index (χ1n) is 4.93. The summed E-state index contributed by atoms with van der Waals surface area (Å²) >= 11 is 1.59. The lowest BCUT2D eigenvalue weighted by Crippen LogP contribution is -2.07. The number of aliphatic hydroxyl groups excluding tert-OH is 1. The van der Waals surface area contributed by atoms with Crippen molar-refractivity contribution in [3.63, 3.8) is 0 Å². The Balaban J connectivity index is 2.12. The molecular weight excluding hydrogens is 206 g/mol. The summed E-state index contributed by atoms with van der Waals surface area (Å²) in [7, 11) is 0. The number of hydrogen-bond acceptors (Lipinski definition) is 3. The zero-order chi connectivity index (χ0) is 10.5. The lowest BCUT2D eigenvalue weighted by atomic mass is 9.95. The second-order valence-corrected chi connectivity index (χ2v) is 4.19. The van der Waals surface area contributed by atoms with Gasteiger partial charge in [-0.15, -0.1) is 11.3 Å². The minimum atomic E-state index is 0.160. The van der Waals surface area contributed by atoms with E-state index in [-0.39, 0.29) is 12.5 Å². The van der Waals surface area contributed by atoms with Crippen LogP contribution in [0, 0.1) is 0 Å². The molecule has 0 amide bonds. The van der Waals surface area contributed by atoms with Crippen LogP contribution in [0.4, 0.5) is 0 Å². The maximum atomic E-state index is 9.35. The summed E-state index contributed by atoms with van der Waals surface area (Å²) in [6.45, 7) is 0.168. The summed E-state index contributed by atoms with van der Waals surface area (Å²) in [5, 5.41) is 11.4. The summed E-state index contributed by atoms with van der Waals surface area (Å²) in [5.74, 6) is 0.160. The summed E-state index contributed by atoms with van der Waals surface area (Å²) in [6, 6.07) is 10.1. The lowest BCUT2D eigenvalue weighted by molar-refractivity contribution is 0.264. The Kier molecular flexibility index (Phi) is 3.48. The van der Waals surface area contributed by atoms with Crippen LogP contribution >= 0.6 is 11.3 Å². The fourth-order valence-corrected chi connectivity index (χ4v) is 2.18. The first-order valence-corrected chi connectivity index (χ1v) is 5.87. The summed E-state index contributed by atoms with van der Waals surface area (Å²) in [4.78, 5) is 4.24. The molecule has 1 atom stereocenters. The van der Waals surface area contributed by atoms with Crippen LogP contribution in [0.3, 0.4) is 0 Å². The Morgan fingerprint density at radius 3 is 2.67 bits per heavy atom. The van der Waals surface area contributed by atoms with Crippen LogP contribution in [0.1, 0.15) is 17.2 Å². The first-order chi connectivity index (χ1) is 7.40. The van der Waals surface area contributed by atoms with Gasteiger partial charge in [0.25, 0.3) is 0 Å². The number of benzene rings is 1. The zero-order valence-electron chi connectivity index (χ0n) is 8.34. The molecule has 0 aliphatic rings. The van der Waals surface area contributed by atoms with Gasteiger partial charge in [-0.1, -0.05) is 30.3 Å². The van der Waals surface area contributed by atoms with Gasteiger partial charge in [-0.25, -0.2) is 4.98 Å². The minimum Gasteiger partial charge on any atom is -0.396 e. The maximum Gasteiger partial charge on any atom is 0.0794 e. The number of thiazole rings is 1. The molecule has 2 aromatic rings. The van der Waals surface area contributed by atoms with Crippen LogP contribution in [-0.2, 0) is 6.42 Å². The molecule has 0 radical (unpaired) electrons. The molecule has 1 aromatic heterocycles. The van der Waals surface area contributed by atoms with Crippen LogP contribution in [0.25, 0.3) is 0 Å². The van der Waals surface area contributed by atoms with Gasteiger partial charge in [0.15, 0.2) is 0 Å². The van der Waals surface area contributed by atoms with Crippen LogP contribution < -0.4 is 0 Å². The number of rotatable bonds is 4. The van der Waals surface area contributed by atoms with Gasteiger partial charge in [0, 0.05) is 11.3 Å². The van der Waals surface area contributed by atoms with Crippen LogP contribution in [0.2, 0.25) is 0 Å². The van der Waals surface area contributed by atoms with Crippen molar-refractivity contribution in [1.82, 2.24) is 4.98 Å². The SMILES string of the molecule is OCC(Cc1cscn1)c1ccccc1. The van der Waals surface area contributed by atoms with Crippen molar-refractivity contribution in [1.29, 1.82) is 0 Å². The van der Waals surface area contributed by atoms with Crippen LogP contribution in [0.15, 0.2) is 41.2 Å². The van der Waals surface area contributed by atoms with E-state index in [1.165, 1.54) is 5.56 Å². The van der Waals surface area contributed by atoms with Crippen molar-refractivity contribution in [2.24, 2.45) is 0 Å². The molecule has 0 fully saturated rings. The Morgan fingerprint density at radius 2 is 2.07 bits per heavy atom. The van der Waals surface area contributed by atoms with E-state index in [0.29, 0.717) is 0 Å². The first kappa shape index (κ1) is 10.3. The molecule has 1 aromatic carbocycles. The molecule has 1 heterocycles. The van der Waals surface area contributed by atoms with Gasteiger partial charge in [-0.05, 0) is 12.0 Å². The van der Waals surface area contributed by atoms with Crippen molar-refractivity contribution < 1.29 is 5.11 Å². The van der Waals surface area contributed by atoms with E-state index in [1.807, 2.05) is 41.2 Å². The van der Waals surface area contributed by atoms with Crippen molar-refractivity contribution in [2.75, 3.05) is 6.61 Å². The van der Waals surface area contributed by atoms with Crippen molar-refractivity contribution in [3.8, 4) is 0 Å². The highest BCUT2D eigenvalue weighted by atomic mass is 32.1. The Hall–Kier alpha value is -1.19. The van der Waals surface area contributed by atoms with E-state index in [2.05, 4.69) is 4.98 Å². The van der Waals surface area contributed by atoms with Crippen molar-refractivity contribution in [3.05, 3.63) is 52.5 Å². The Labute approximate surface area is 93.2 Å². The van der Waals surface area contributed by atoms with E-state index < -0.39 is 0 Å². The smallest absolute Gasteiger partial charge is 0.0794 e. The molecule has 1 N–H and O–H groups in total. The van der Waals surface area contributed by atoms with Crippen LogP contribution in [-0.4, -0.2) is 16.7 Å². The Bertz CT molecular complexity index is 385. The van der Waals surface area contributed by atoms with Crippen molar-refractivity contribution >= 4 is 11.3 Å². The highest BCUT2D eigenvalue weighted by Gasteiger charge is 2.11. The highest BCUT2D eigenvalue weighted by molar-refractivity contribution is 7.07. The van der Waals surface area contributed by atoms with E-state index in [1.54, 1.807) is 11.3 Å². The third kappa shape index (κ3) is 2.64. The van der Waals surface area contributed by atoms with Gasteiger partial charge in [0.2, 0.25) is 0 Å². The van der Waals surface area contributed by atoms with E-state index in [0.717, 1.165) is 12.1 Å². The quantitative estimate of drug-likeness (QED) is 0.857. The molecule has 78 valence electrons. The summed E-state index contributed by atoms with van der Waals surface area (Å²) in [6.07, 6.45) is 0.810. The predicted octanol–water partition coefficient (Wildman–Crippen LogP) is 2.46. The van der Waals surface area contributed by atoms with Gasteiger partial charge in [0.05, 0.1) is 17.8 Å². The molecule has 15 heavy (non-hydrogen) atoms. The monoisotopic (exact) mass is 219 g/mol. The highest BCUT2D eigenvalue weighted by Crippen LogP contribution is 2.19. The normalized spacial score (nSPS) is 12.6. The molecule has 0 saturated carbocycles. The fraction of sp³-hybridized carbons (Fsp3) is 0.250. The fourth-order valence-electron chi connectivity index (χ4n) is 1.60. The third-order valence-electron chi connectivity index (χ3n) is 2.43. The third-order valence-corrected chi connectivity index (χ3v) is 3.07. The van der Waals surface area contributed by atoms with Crippen LogP contribution in [0.5, 0.6) is 0 Å². The number of aliphatic hydroxyl groups is 1. The van der Waals surface area contributed by atoms with E-state index >= 15 is 0 Å². The predicted molar refractivity (Wildman–Crippen MR) is 62.1 cm³/mol. The molecule has 1 unspecified atom stereocenters. The summed E-state index contributed by atoms with van der Waals surface area (Å²) < 4.78 is 0. The second kappa shape index (κ2) is 5.05. The second-order valence-electron chi connectivity index (χ2n) is 3.47. The van der Waals surface area contributed by atoms with Gasteiger partial charge in [-0.3, -0.25) is 0 Å². The molecule has 3 heteroatoms. The van der Waals surface area contributed by atoms with E-state index in [4.69, 9.17) is 0 Å². The molecule has 0 aliphatic carbocycles. The van der Waals surface area contributed by atoms with E-state index in [9.17, 15) is 5.11 Å². The minimum absolute atomic E-state index is 0.160. The number of nitrogens with zero attached hydrogens (tertiary/aromatic N) is 1. The van der Waals surface area contributed by atoms with Gasteiger partial charge < -0.3 is 5.11 Å². The average molecular weight is 219 g/mol. The molecule has 0 saturated heterocycles. The largest absolute Gasteiger partial charge is 0.396 e. The summed E-state index contributed by atoms with van der Waals surface area (Å²) in [5.41, 5.74) is 4.06. The molecule has 0 aliphatic heterocycles. The number of aromatic nitrogens is 1. The lowest BCUT2D eigenvalue weighted by Gasteiger charge is -2.12. The molecule has 0 spiro atoms. The maximum absolute atomic E-state index is 9.35.